The number of thiazole rings is 1. The first kappa shape index (κ1) is 20.0. The maximum Gasteiger partial charge on any atom is 0.137 e. The predicted molar refractivity (Wildman–Crippen MR) is 126 cm³/mol. The summed E-state index contributed by atoms with van der Waals surface area (Å²) < 4.78 is 1.03. The summed E-state index contributed by atoms with van der Waals surface area (Å²) in [5.74, 6) is 0.152. The SMILES string of the molecule is C=C(S)/C(C#N)=c1\[nH]c(C)c2/c(=C(\C#N)c3nc4ccccc4s3)[nH]c(C(C)C)c12. The molecule has 0 aliphatic heterocycles. The highest BCUT2D eigenvalue weighted by atomic mass is 32.1. The highest BCUT2D eigenvalue weighted by molar-refractivity contribution is 7.85. The number of benzene rings is 1. The normalized spacial score (nSPS) is 13.4. The molecule has 3 aromatic heterocycles. The zero-order chi connectivity index (χ0) is 21.6. The summed E-state index contributed by atoms with van der Waals surface area (Å²) in [5, 5.41) is 23.6. The van der Waals surface area contributed by atoms with E-state index in [0.29, 0.717) is 26.4 Å². The zero-order valence-electron chi connectivity index (χ0n) is 16.8. The molecule has 0 saturated heterocycles. The van der Waals surface area contributed by atoms with Gasteiger partial charge < -0.3 is 9.97 Å². The first-order valence-corrected chi connectivity index (χ1v) is 10.7. The van der Waals surface area contributed by atoms with E-state index in [1.807, 2.05) is 31.2 Å². The summed E-state index contributed by atoms with van der Waals surface area (Å²) in [5.41, 5.74) is 3.58. The Bertz CT molecular complexity index is 1500. The topological polar surface area (TPSA) is 92.0 Å². The van der Waals surface area contributed by atoms with Gasteiger partial charge in [0.25, 0.3) is 0 Å². The molecule has 0 aliphatic carbocycles. The summed E-state index contributed by atoms with van der Waals surface area (Å²) in [6, 6.07) is 12.4. The van der Waals surface area contributed by atoms with Crippen LogP contribution >= 0.6 is 24.0 Å². The first-order valence-electron chi connectivity index (χ1n) is 9.40. The van der Waals surface area contributed by atoms with E-state index >= 15 is 0 Å². The largest absolute Gasteiger partial charge is 0.357 e. The summed E-state index contributed by atoms with van der Waals surface area (Å²) in [7, 11) is 0. The number of aromatic nitrogens is 3. The Hall–Kier alpha value is -3.26. The lowest BCUT2D eigenvalue weighted by Crippen LogP contribution is -2.11. The summed E-state index contributed by atoms with van der Waals surface area (Å²) in [6.07, 6.45) is 0. The van der Waals surface area contributed by atoms with E-state index in [2.05, 4.69) is 60.1 Å². The Balaban J connectivity index is 2.22. The third-order valence-electron chi connectivity index (χ3n) is 5.06. The molecule has 3 heterocycles. The van der Waals surface area contributed by atoms with Crippen molar-refractivity contribution in [2.75, 3.05) is 0 Å². The second kappa shape index (κ2) is 7.53. The number of nitriles is 2. The molecular formula is C23H19N5S2. The van der Waals surface area contributed by atoms with Gasteiger partial charge in [-0.25, -0.2) is 4.98 Å². The Morgan fingerprint density at radius 2 is 1.87 bits per heavy atom. The number of nitrogens with zero attached hydrogens (tertiary/aromatic N) is 3. The smallest absolute Gasteiger partial charge is 0.137 e. The number of nitrogens with one attached hydrogen (secondary N) is 2. The summed E-state index contributed by atoms with van der Waals surface area (Å²) >= 11 is 5.80. The number of H-pyrrole nitrogens is 2. The fourth-order valence-corrected chi connectivity index (χ4v) is 4.86. The van der Waals surface area contributed by atoms with E-state index in [9.17, 15) is 10.5 Å². The first-order chi connectivity index (χ1) is 14.4. The molecule has 0 spiro atoms. The number of hydrogen-bond donors (Lipinski definition) is 3. The average molecular weight is 430 g/mol. The molecule has 148 valence electrons. The Kier molecular flexibility index (Phi) is 5.03. The summed E-state index contributed by atoms with van der Waals surface area (Å²) in [6.45, 7) is 9.92. The van der Waals surface area contributed by atoms with Crippen LogP contribution in [0, 0.1) is 29.6 Å². The van der Waals surface area contributed by atoms with Crippen molar-refractivity contribution in [1.82, 2.24) is 15.0 Å². The predicted octanol–water partition coefficient (Wildman–Crippen LogP) is 4.38. The molecule has 5 nitrogen and oxygen atoms in total. The van der Waals surface area contributed by atoms with Gasteiger partial charge in [-0.2, -0.15) is 10.5 Å². The molecule has 0 radical (unpaired) electrons. The number of aromatic amines is 2. The second-order valence-corrected chi connectivity index (χ2v) is 8.92. The van der Waals surface area contributed by atoms with Crippen LogP contribution in [0.2, 0.25) is 0 Å². The van der Waals surface area contributed by atoms with E-state index < -0.39 is 0 Å². The molecule has 0 fully saturated rings. The van der Waals surface area contributed by atoms with Gasteiger partial charge in [0.05, 0.1) is 26.5 Å². The quantitative estimate of drug-likeness (QED) is 0.422. The molecule has 2 N–H and O–H groups in total. The van der Waals surface area contributed by atoms with Crippen molar-refractivity contribution in [3.8, 4) is 12.1 Å². The van der Waals surface area contributed by atoms with Gasteiger partial charge in [0.2, 0.25) is 0 Å². The van der Waals surface area contributed by atoms with Gasteiger partial charge in [0, 0.05) is 27.1 Å². The molecule has 1 aromatic carbocycles. The molecule has 4 rings (SSSR count). The zero-order valence-corrected chi connectivity index (χ0v) is 18.5. The van der Waals surface area contributed by atoms with Crippen LogP contribution in [0.4, 0.5) is 0 Å². The Morgan fingerprint density at radius 1 is 1.13 bits per heavy atom. The summed E-state index contributed by atoms with van der Waals surface area (Å²) in [4.78, 5) is 11.9. The molecule has 0 unspecified atom stereocenters. The maximum absolute atomic E-state index is 10.1. The molecule has 7 heteroatoms. The highest BCUT2D eigenvalue weighted by Crippen LogP contribution is 2.28. The van der Waals surface area contributed by atoms with Crippen molar-refractivity contribution >= 4 is 56.1 Å². The van der Waals surface area contributed by atoms with E-state index in [1.54, 1.807) is 0 Å². The minimum atomic E-state index is 0.152. The molecule has 0 amide bonds. The van der Waals surface area contributed by atoms with E-state index in [0.717, 1.165) is 37.7 Å². The Labute approximate surface area is 183 Å². The highest BCUT2D eigenvalue weighted by Gasteiger charge is 2.20. The number of rotatable bonds is 3. The van der Waals surface area contributed by atoms with Crippen LogP contribution < -0.4 is 10.7 Å². The van der Waals surface area contributed by atoms with Crippen LogP contribution in [0.3, 0.4) is 0 Å². The van der Waals surface area contributed by atoms with Crippen LogP contribution in [-0.4, -0.2) is 15.0 Å². The van der Waals surface area contributed by atoms with Crippen LogP contribution in [0.5, 0.6) is 0 Å². The fraction of sp³-hybridized carbons (Fsp3) is 0.174. The molecule has 0 aliphatic rings. The van der Waals surface area contributed by atoms with Gasteiger partial charge in [-0.15, -0.1) is 24.0 Å². The van der Waals surface area contributed by atoms with E-state index in [4.69, 9.17) is 0 Å². The van der Waals surface area contributed by atoms with Crippen molar-refractivity contribution < 1.29 is 0 Å². The lowest BCUT2D eigenvalue weighted by atomic mass is 10.1. The Morgan fingerprint density at radius 3 is 2.47 bits per heavy atom. The minimum Gasteiger partial charge on any atom is -0.357 e. The van der Waals surface area contributed by atoms with Gasteiger partial charge in [-0.05, 0) is 25.0 Å². The third kappa shape index (κ3) is 3.04. The number of thiol groups is 1. The van der Waals surface area contributed by atoms with Crippen molar-refractivity contribution in [3.63, 3.8) is 0 Å². The lowest BCUT2D eigenvalue weighted by Gasteiger charge is -2.02. The molecule has 30 heavy (non-hydrogen) atoms. The van der Waals surface area contributed by atoms with Crippen molar-refractivity contribution in [2.24, 2.45) is 0 Å². The fourth-order valence-electron chi connectivity index (χ4n) is 3.73. The molecule has 0 saturated carbocycles. The monoisotopic (exact) mass is 429 g/mol. The maximum atomic E-state index is 10.1. The molecule has 4 aromatic rings. The van der Waals surface area contributed by atoms with Crippen LogP contribution in [0.1, 0.15) is 36.2 Å². The standard InChI is InChI=1S/C23H19N5S2/c1-11(2)20-19-18(12(3)26-21(19)14(9-24)13(4)29)22(28-20)15(10-25)23-27-16-7-5-6-8-17(16)30-23/h5-8,11,26,28-29H,4H2,1-3H3/b21-14-,22-15-. The molecule has 0 bridgehead atoms. The van der Waals surface area contributed by atoms with Gasteiger partial charge in [0.1, 0.15) is 22.7 Å². The van der Waals surface area contributed by atoms with Gasteiger partial charge in [-0.3, -0.25) is 0 Å². The average Bonchev–Trinajstić information content (AvgIpc) is 3.37. The number of fused-ring (bicyclic) bond motifs is 2. The minimum absolute atomic E-state index is 0.152. The van der Waals surface area contributed by atoms with E-state index in [-0.39, 0.29) is 5.92 Å². The third-order valence-corrected chi connectivity index (χ3v) is 6.34. The number of aryl methyl sites for hydroxylation is 1. The van der Waals surface area contributed by atoms with Crippen molar-refractivity contribution in [2.45, 2.75) is 26.7 Å². The van der Waals surface area contributed by atoms with Crippen molar-refractivity contribution in [1.29, 1.82) is 10.5 Å². The second-order valence-electron chi connectivity index (χ2n) is 7.35. The number of allylic oxidation sites excluding steroid dienone is 1. The molecular weight excluding hydrogens is 410 g/mol. The van der Waals surface area contributed by atoms with Crippen LogP contribution in [0.15, 0.2) is 35.7 Å². The number of para-hydroxylation sites is 1. The van der Waals surface area contributed by atoms with Crippen LogP contribution in [0.25, 0.3) is 32.1 Å². The van der Waals surface area contributed by atoms with Gasteiger partial charge >= 0.3 is 0 Å². The molecule has 0 atom stereocenters. The lowest BCUT2D eigenvalue weighted by molar-refractivity contribution is 0.835. The number of hydrogen-bond acceptors (Lipinski definition) is 5. The van der Waals surface area contributed by atoms with E-state index in [1.165, 1.54) is 11.3 Å². The van der Waals surface area contributed by atoms with Gasteiger partial charge in [-0.1, -0.05) is 32.6 Å². The van der Waals surface area contributed by atoms with Crippen LogP contribution in [-0.2, 0) is 0 Å². The van der Waals surface area contributed by atoms with Gasteiger partial charge in [0.15, 0.2) is 0 Å². The van der Waals surface area contributed by atoms with Crippen molar-refractivity contribution in [3.05, 3.63) is 62.8 Å².